The van der Waals surface area contributed by atoms with Crippen LogP contribution in [0.2, 0.25) is 0 Å². The molecule has 0 spiro atoms. The Balaban J connectivity index is 1.01. The van der Waals surface area contributed by atoms with Crippen LogP contribution in [0.4, 0.5) is 5.82 Å². The lowest BCUT2D eigenvalue weighted by Gasteiger charge is -2.37. The highest BCUT2D eigenvalue weighted by Gasteiger charge is 2.31. The Morgan fingerprint density at radius 1 is 1.03 bits per heavy atom. The Morgan fingerprint density at radius 3 is 2.76 bits per heavy atom. The maximum absolute atomic E-state index is 12.7. The molecule has 1 N–H and O–H groups in total. The van der Waals surface area contributed by atoms with Crippen LogP contribution in [0.15, 0.2) is 42.5 Å². The first-order valence-electron chi connectivity index (χ1n) is 12.2. The Hall–Kier alpha value is -2.84. The molecule has 178 valence electrons. The van der Waals surface area contributed by atoms with Crippen molar-refractivity contribution in [3.63, 3.8) is 0 Å². The number of carbonyl (C=O) groups excluding carboxylic acids is 1. The summed E-state index contributed by atoms with van der Waals surface area (Å²) in [6, 6.07) is 13.9. The Morgan fingerprint density at radius 2 is 1.85 bits per heavy atom. The molecule has 1 aromatic heterocycles. The number of carbonyl (C=O) groups is 1. The number of piperazine rings is 1. The quantitative estimate of drug-likeness (QED) is 0.578. The van der Waals surface area contributed by atoms with Gasteiger partial charge in [0, 0.05) is 50.2 Å². The summed E-state index contributed by atoms with van der Waals surface area (Å²) in [5.41, 5.74) is 0.629. The van der Waals surface area contributed by atoms with Crippen LogP contribution >= 0.6 is 11.5 Å². The number of anilines is 1. The highest BCUT2D eigenvalue weighted by atomic mass is 32.1. The molecule has 6 rings (SSSR count). The molecule has 34 heavy (non-hydrogen) atoms. The summed E-state index contributed by atoms with van der Waals surface area (Å²) >= 11 is 1.59. The fourth-order valence-electron chi connectivity index (χ4n) is 5.56. The van der Waals surface area contributed by atoms with E-state index < -0.39 is 0 Å². The lowest BCUT2D eigenvalue weighted by Crippen LogP contribution is -2.48. The number of rotatable bonds is 6. The minimum atomic E-state index is -0.0342. The molecular formula is C26H30N4O3S. The molecule has 1 saturated carbocycles. The zero-order valence-corrected chi connectivity index (χ0v) is 20.1. The van der Waals surface area contributed by atoms with Crippen molar-refractivity contribution < 1.29 is 14.3 Å². The van der Waals surface area contributed by atoms with Crippen LogP contribution in [-0.4, -0.2) is 61.2 Å². The minimum absolute atomic E-state index is 0.0342. The molecule has 7 nitrogen and oxygen atoms in total. The van der Waals surface area contributed by atoms with E-state index in [2.05, 4.69) is 39.4 Å². The second-order valence-electron chi connectivity index (χ2n) is 9.52. The molecule has 0 unspecified atom stereocenters. The van der Waals surface area contributed by atoms with E-state index in [1.54, 1.807) is 23.7 Å². The van der Waals surface area contributed by atoms with Crippen LogP contribution in [0, 0.1) is 11.8 Å². The van der Waals surface area contributed by atoms with E-state index in [0.717, 1.165) is 45.1 Å². The maximum Gasteiger partial charge on any atom is 0.251 e. The molecule has 1 amide bonds. The van der Waals surface area contributed by atoms with Gasteiger partial charge in [0.25, 0.3) is 5.91 Å². The van der Waals surface area contributed by atoms with Gasteiger partial charge >= 0.3 is 0 Å². The van der Waals surface area contributed by atoms with Gasteiger partial charge in [-0.15, -0.1) is 0 Å². The van der Waals surface area contributed by atoms with Crippen LogP contribution in [0.3, 0.4) is 0 Å². The predicted octanol–water partition coefficient (Wildman–Crippen LogP) is 3.99. The SMILES string of the molecule is O=C(NC[C@H]1CCC[C@@H]1CN1CCN(c2nsc3ccccc23)CC1)c1ccc2c(c1)OCO2. The molecule has 3 aliphatic rings. The highest BCUT2D eigenvalue weighted by Crippen LogP contribution is 2.34. The summed E-state index contributed by atoms with van der Waals surface area (Å²) in [5.74, 6) is 3.65. The molecule has 2 aliphatic heterocycles. The molecule has 3 aromatic rings. The van der Waals surface area contributed by atoms with Crippen LogP contribution in [0.1, 0.15) is 29.6 Å². The van der Waals surface area contributed by atoms with Gasteiger partial charge < -0.3 is 19.7 Å². The number of aromatic nitrogens is 1. The van der Waals surface area contributed by atoms with Crippen LogP contribution in [-0.2, 0) is 0 Å². The van der Waals surface area contributed by atoms with Crippen molar-refractivity contribution in [2.45, 2.75) is 19.3 Å². The van der Waals surface area contributed by atoms with Crippen molar-refractivity contribution in [3.05, 3.63) is 48.0 Å². The van der Waals surface area contributed by atoms with E-state index in [0.29, 0.717) is 28.9 Å². The Labute approximate surface area is 203 Å². The van der Waals surface area contributed by atoms with Crippen LogP contribution in [0.5, 0.6) is 11.5 Å². The van der Waals surface area contributed by atoms with Gasteiger partial charge in [0.2, 0.25) is 6.79 Å². The average molecular weight is 479 g/mol. The lowest BCUT2D eigenvalue weighted by molar-refractivity contribution is 0.0939. The smallest absolute Gasteiger partial charge is 0.251 e. The van der Waals surface area contributed by atoms with Gasteiger partial charge in [-0.2, -0.15) is 4.37 Å². The van der Waals surface area contributed by atoms with Crippen molar-refractivity contribution in [3.8, 4) is 11.5 Å². The van der Waals surface area contributed by atoms with E-state index in [9.17, 15) is 4.79 Å². The van der Waals surface area contributed by atoms with E-state index in [1.165, 1.54) is 29.3 Å². The summed E-state index contributed by atoms with van der Waals surface area (Å²) in [4.78, 5) is 17.8. The van der Waals surface area contributed by atoms with Gasteiger partial charge in [-0.05, 0) is 66.5 Å². The van der Waals surface area contributed by atoms with E-state index in [-0.39, 0.29) is 12.7 Å². The van der Waals surface area contributed by atoms with Gasteiger partial charge in [-0.25, -0.2) is 0 Å². The minimum Gasteiger partial charge on any atom is -0.454 e. The standard InChI is InChI=1S/C26H30N4O3S/c31-26(18-8-9-22-23(14-18)33-17-32-22)27-15-19-4-3-5-20(19)16-29-10-12-30(13-11-29)25-21-6-1-2-7-24(21)34-28-25/h1-2,6-9,14,19-20H,3-5,10-13,15-17H2,(H,27,31)/t19-,20-/m1/s1. The topological polar surface area (TPSA) is 66.9 Å². The molecule has 1 saturated heterocycles. The van der Waals surface area contributed by atoms with Gasteiger partial charge in [0.05, 0.1) is 4.70 Å². The molecule has 2 atom stereocenters. The molecule has 2 aromatic carbocycles. The number of benzene rings is 2. The molecule has 0 bridgehead atoms. The number of hydrogen-bond donors (Lipinski definition) is 1. The number of nitrogens with one attached hydrogen (secondary N) is 1. The molecule has 3 heterocycles. The number of ether oxygens (including phenoxy) is 2. The summed E-state index contributed by atoms with van der Waals surface area (Å²) in [6.45, 7) is 6.26. The van der Waals surface area contributed by atoms with Crippen molar-refractivity contribution in [1.82, 2.24) is 14.6 Å². The third kappa shape index (κ3) is 4.32. The van der Waals surface area contributed by atoms with Crippen molar-refractivity contribution in [2.24, 2.45) is 11.8 Å². The van der Waals surface area contributed by atoms with E-state index in [1.807, 2.05) is 6.07 Å². The average Bonchev–Trinajstić information content (AvgIpc) is 3.62. The molecule has 2 fully saturated rings. The molecular weight excluding hydrogens is 448 g/mol. The highest BCUT2D eigenvalue weighted by molar-refractivity contribution is 7.13. The first-order chi connectivity index (χ1) is 16.7. The second-order valence-corrected chi connectivity index (χ2v) is 10.3. The van der Waals surface area contributed by atoms with E-state index in [4.69, 9.17) is 13.8 Å². The number of amides is 1. The fraction of sp³-hybridized carbons (Fsp3) is 0.462. The third-order valence-electron chi connectivity index (χ3n) is 7.50. The molecule has 8 heteroatoms. The van der Waals surface area contributed by atoms with Crippen molar-refractivity contribution >= 4 is 33.3 Å². The normalized spacial score (nSPS) is 22.4. The third-order valence-corrected chi connectivity index (χ3v) is 8.32. The summed E-state index contributed by atoms with van der Waals surface area (Å²) in [6.07, 6.45) is 3.69. The maximum atomic E-state index is 12.7. The van der Waals surface area contributed by atoms with Crippen LogP contribution in [0.25, 0.3) is 10.1 Å². The lowest BCUT2D eigenvalue weighted by atomic mass is 9.95. The predicted molar refractivity (Wildman–Crippen MR) is 134 cm³/mol. The fourth-order valence-corrected chi connectivity index (χ4v) is 6.36. The van der Waals surface area contributed by atoms with Gasteiger partial charge in [-0.1, -0.05) is 18.6 Å². The Bertz CT molecular complexity index is 1170. The summed E-state index contributed by atoms with van der Waals surface area (Å²) in [7, 11) is 0. The first-order valence-corrected chi connectivity index (χ1v) is 13.0. The van der Waals surface area contributed by atoms with Crippen LogP contribution < -0.4 is 19.7 Å². The number of fused-ring (bicyclic) bond motifs is 2. The molecule has 1 aliphatic carbocycles. The van der Waals surface area contributed by atoms with Gasteiger partial charge in [0.1, 0.15) is 5.82 Å². The van der Waals surface area contributed by atoms with Gasteiger partial charge in [-0.3, -0.25) is 9.69 Å². The number of hydrogen-bond acceptors (Lipinski definition) is 7. The number of nitrogens with zero attached hydrogens (tertiary/aromatic N) is 3. The zero-order chi connectivity index (χ0) is 22.9. The van der Waals surface area contributed by atoms with E-state index >= 15 is 0 Å². The van der Waals surface area contributed by atoms with Crippen molar-refractivity contribution in [1.29, 1.82) is 0 Å². The first kappa shape index (κ1) is 21.7. The second kappa shape index (κ2) is 9.43. The van der Waals surface area contributed by atoms with Gasteiger partial charge in [0.15, 0.2) is 11.5 Å². The van der Waals surface area contributed by atoms with Crippen molar-refractivity contribution in [2.75, 3.05) is 51.0 Å². The monoisotopic (exact) mass is 478 g/mol. The largest absolute Gasteiger partial charge is 0.454 e. The zero-order valence-electron chi connectivity index (χ0n) is 19.2. The molecule has 0 radical (unpaired) electrons. The Kier molecular flexibility index (Phi) is 6.01. The summed E-state index contributed by atoms with van der Waals surface area (Å²) < 4.78 is 16.7. The summed E-state index contributed by atoms with van der Waals surface area (Å²) in [5, 5.41) is 4.45.